The molecule has 1 rings (SSSR count). The molecule has 132 valence electrons. The van der Waals surface area contributed by atoms with Gasteiger partial charge in [-0.05, 0) is 51.7 Å². The summed E-state index contributed by atoms with van der Waals surface area (Å²) in [6.45, 7) is 3.48. The Balaban J connectivity index is 3.28. The minimum Gasteiger partial charge on any atom is -0.480 e. The lowest BCUT2D eigenvalue weighted by Crippen LogP contribution is -2.22. The maximum atomic E-state index is 12.0. The third-order valence-corrected chi connectivity index (χ3v) is 3.73. The molecule has 0 aliphatic heterocycles. The number of amides is 1. The summed E-state index contributed by atoms with van der Waals surface area (Å²) in [7, 11) is 4.44. The van der Waals surface area contributed by atoms with Crippen molar-refractivity contribution in [2.24, 2.45) is 0 Å². The van der Waals surface area contributed by atoms with Crippen LogP contribution < -0.4 is 4.74 Å². The smallest absolute Gasteiger partial charge is 0.343 e. The first kappa shape index (κ1) is 20.5. The standard InChI is InChI=1S/C18H19BrN2O4/c1-5-6-13-7-12(8-14(10-20)18(23)21(2)3)9-15(19)17(13)25-11-16(22)24-4/h5,7-9H,1,6,11H2,2-4H3/b14-8-. The first-order valence-electron chi connectivity index (χ1n) is 7.30. The Labute approximate surface area is 155 Å². The van der Waals surface area contributed by atoms with Crippen molar-refractivity contribution in [1.29, 1.82) is 5.26 Å². The number of allylic oxidation sites excluding steroid dienone is 1. The number of hydrogen-bond donors (Lipinski definition) is 0. The SMILES string of the molecule is C=CCc1cc(/C=C(/C#N)C(=O)N(C)C)cc(Br)c1OCC(=O)OC. The van der Waals surface area contributed by atoms with E-state index in [1.807, 2.05) is 6.07 Å². The predicted molar refractivity (Wildman–Crippen MR) is 97.8 cm³/mol. The van der Waals surface area contributed by atoms with Crippen molar-refractivity contribution >= 4 is 33.9 Å². The molecule has 0 aliphatic carbocycles. The second-order valence-electron chi connectivity index (χ2n) is 5.22. The molecule has 0 spiro atoms. The number of hydrogen-bond acceptors (Lipinski definition) is 5. The van der Waals surface area contributed by atoms with E-state index < -0.39 is 5.97 Å². The van der Waals surface area contributed by atoms with E-state index in [1.54, 1.807) is 32.3 Å². The van der Waals surface area contributed by atoms with Crippen molar-refractivity contribution in [3.63, 3.8) is 0 Å². The number of carbonyl (C=O) groups excluding carboxylic acids is 2. The van der Waals surface area contributed by atoms with Crippen molar-refractivity contribution in [3.8, 4) is 11.8 Å². The molecule has 0 aliphatic rings. The molecule has 0 saturated carbocycles. The van der Waals surface area contributed by atoms with Gasteiger partial charge in [-0.1, -0.05) is 6.08 Å². The topological polar surface area (TPSA) is 79.6 Å². The minimum atomic E-state index is -0.497. The number of carbonyl (C=O) groups is 2. The van der Waals surface area contributed by atoms with Gasteiger partial charge >= 0.3 is 5.97 Å². The van der Waals surface area contributed by atoms with Gasteiger partial charge in [-0.2, -0.15) is 5.26 Å². The van der Waals surface area contributed by atoms with Gasteiger partial charge in [0, 0.05) is 14.1 Å². The molecular weight excluding hydrogens is 388 g/mol. The highest BCUT2D eigenvalue weighted by Crippen LogP contribution is 2.32. The van der Waals surface area contributed by atoms with Crippen LogP contribution in [0.2, 0.25) is 0 Å². The first-order valence-corrected chi connectivity index (χ1v) is 8.09. The Morgan fingerprint density at radius 2 is 2.08 bits per heavy atom. The number of likely N-dealkylation sites (N-methyl/N-ethyl adjacent to an activating group) is 1. The maximum absolute atomic E-state index is 12.0. The molecule has 0 N–H and O–H groups in total. The van der Waals surface area contributed by atoms with Crippen LogP contribution in [0.15, 0.2) is 34.8 Å². The van der Waals surface area contributed by atoms with Gasteiger partial charge in [0.25, 0.3) is 5.91 Å². The van der Waals surface area contributed by atoms with Gasteiger partial charge in [0.05, 0.1) is 11.6 Å². The van der Waals surface area contributed by atoms with Crippen molar-refractivity contribution < 1.29 is 19.1 Å². The molecule has 0 saturated heterocycles. The number of nitrogens with zero attached hydrogens (tertiary/aromatic N) is 2. The predicted octanol–water partition coefficient (Wildman–Crippen LogP) is 2.72. The van der Waals surface area contributed by atoms with Gasteiger partial charge in [0.15, 0.2) is 6.61 Å². The summed E-state index contributed by atoms with van der Waals surface area (Å²) in [5.41, 5.74) is 1.43. The fourth-order valence-corrected chi connectivity index (χ4v) is 2.60. The normalized spacial score (nSPS) is 10.6. The van der Waals surface area contributed by atoms with E-state index in [1.165, 1.54) is 18.1 Å². The third kappa shape index (κ3) is 5.76. The molecule has 0 aromatic heterocycles. The van der Waals surface area contributed by atoms with E-state index >= 15 is 0 Å². The molecular formula is C18H19BrN2O4. The van der Waals surface area contributed by atoms with Crippen molar-refractivity contribution in [3.05, 3.63) is 46.0 Å². The number of methoxy groups -OCH3 is 1. The van der Waals surface area contributed by atoms with Crippen molar-refractivity contribution in [2.45, 2.75) is 6.42 Å². The molecule has 25 heavy (non-hydrogen) atoms. The monoisotopic (exact) mass is 406 g/mol. The van der Waals surface area contributed by atoms with E-state index in [0.29, 0.717) is 22.2 Å². The summed E-state index contributed by atoms with van der Waals surface area (Å²) in [5.74, 6) is -0.390. The van der Waals surface area contributed by atoms with Gasteiger partial charge in [0.2, 0.25) is 0 Å². The number of ether oxygens (including phenoxy) is 2. The van der Waals surface area contributed by atoms with Gasteiger partial charge in [0.1, 0.15) is 17.4 Å². The molecule has 1 aromatic rings. The Kier molecular flexibility index (Phi) is 7.89. The van der Waals surface area contributed by atoms with Crippen LogP contribution in [0.5, 0.6) is 5.75 Å². The quantitative estimate of drug-likeness (QED) is 0.301. The highest BCUT2D eigenvalue weighted by molar-refractivity contribution is 9.10. The van der Waals surface area contributed by atoms with Crippen LogP contribution >= 0.6 is 15.9 Å². The highest BCUT2D eigenvalue weighted by Gasteiger charge is 2.15. The number of halogens is 1. The average molecular weight is 407 g/mol. The molecule has 0 heterocycles. The lowest BCUT2D eigenvalue weighted by atomic mass is 10.0. The Bertz CT molecular complexity index is 748. The fraction of sp³-hybridized carbons (Fsp3) is 0.278. The van der Waals surface area contributed by atoms with Gasteiger partial charge in [-0.15, -0.1) is 6.58 Å². The molecule has 1 aromatic carbocycles. The summed E-state index contributed by atoms with van der Waals surface area (Å²) >= 11 is 3.40. The zero-order valence-electron chi connectivity index (χ0n) is 14.3. The van der Waals surface area contributed by atoms with E-state index in [2.05, 4.69) is 27.2 Å². The maximum Gasteiger partial charge on any atom is 0.343 e. The lowest BCUT2D eigenvalue weighted by molar-refractivity contribution is -0.142. The van der Waals surface area contributed by atoms with Crippen LogP contribution in [0.1, 0.15) is 11.1 Å². The van der Waals surface area contributed by atoms with Gasteiger partial charge < -0.3 is 14.4 Å². The zero-order valence-corrected chi connectivity index (χ0v) is 15.9. The molecule has 0 radical (unpaired) electrons. The Morgan fingerprint density at radius 3 is 2.60 bits per heavy atom. The van der Waals surface area contributed by atoms with E-state index in [4.69, 9.17) is 4.74 Å². The van der Waals surface area contributed by atoms with Crippen LogP contribution in [0.3, 0.4) is 0 Å². The second kappa shape index (κ2) is 9.64. The van der Waals surface area contributed by atoms with Gasteiger partial charge in [-0.25, -0.2) is 4.79 Å². The highest BCUT2D eigenvalue weighted by atomic mass is 79.9. The molecule has 0 bridgehead atoms. The molecule has 0 unspecified atom stereocenters. The first-order chi connectivity index (χ1) is 11.8. The Hall–Kier alpha value is -2.59. The molecule has 0 fully saturated rings. The lowest BCUT2D eigenvalue weighted by Gasteiger charge is -2.14. The molecule has 1 amide bonds. The van der Waals surface area contributed by atoms with E-state index in [9.17, 15) is 14.9 Å². The van der Waals surface area contributed by atoms with Crippen LogP contribution in [-0.2, 0) is 20.7 Å². The van der Waals surface area contributed by atoms with Crippen LogP contribution in [-0.4, -0.2) is 44.6 Å². The zero-order chi connectivity index (χ0) is 19.0. The van der Waals surface area contributed by atoms with Crippen LogP contribution in [0.4, 0.5) is 0 Å². The van der Waals surface area contributed by atoms with Crippen molar-refractivity contribution in [2.75, 3.05) is 27.8 Å². The summed E-state index contributed by atoms with van der Waals surface area (Å²) in [6.07, 6.45) is 3.68. The number of esters is 1. The third-order valence-electron chi connectivity index (χ3n) is 3.14. The summed E-state index contributed by atoms with van der Waals surface area (Å²) in [5, 5.41) is 9.21. The van der Waals surface area contributed by atoms with Crippen molar-refractivity contribution in [1.82, 2.24) is 4.90 Å². The second-order valence-corrected chi connectivity index (χ2v) is 6.07. The Morgan fingerprint density at radius 1 is 1.40 bits per heavy atom. The summed E-state index contributed by atoms with van der Waals surface area (Å²) in [6, 6.07) is 5.39. The fourth-order valence-electron chi connectivity index (χ4n) is 1.97. The summed E-state index contributed by atoms with van der Waals surface area (Å²) < 4.78 is 10.7. The number of benzene rings is 1. The number of rotatable bonds is 7. The average Bonchev–Trinajstić information content (AvgIpc) is 2.58. The van der Waals surface area contributed by atoms with Gasteiger partial charge in [-0.3, -0.25) is 4.79 Å². The summed E-state index contributed by atoms with van der Waals surface area (Å²) in [4.78, 5) is 24.6. The largest absolute Gasteiger partial charge is 0.480 e. The molecule has 7 heteroatoms. The molecule has 0 atom stereocenters. The minimum absolute atomic E-state index is 0.0182. The van der Waals surface area contributed by atoms with Crippen LogP contribution in [0, 0.1) is 11.3 Å². The van der Waals surface area contributed by atoms with E-state index in [0.717, 1.165) is 5.56 Å². The number of nitriles is 1. The molecule has 6 nitrogen and oxygen atoms in total. The van der Waals surface area contributed by atoms with E-state index in [-0.39, 0.29) is 18.1 Å². The van der Waals surface area contributed by atoms with Crippen LogP contribution in [0.25, 0.3) is 6.08 Å².